The van der Waals surface area contributed by atoms with Crippen molar-refractivity contribution in [3.8, 4) is 0 Å². The van der Waals surface area contributed by atoms with Crippen molar-refractivity contribution < 1.29 is 19.1 Å². The van der Waals surface area contributed by atoms with E-state index >= 15 is 0 Å². The molecule has 1 fully saturated rings. The normalized spacial score (nSPS) is 16.1. The topological polar surface area (TPSA) is 75.7 Å². The second-order valence-corrected chi connectivity index (χ2v) is 7.60. The molecular formula is C23H26N2O4. The molecular weight excluding hydrogens is 368 g/mol. The van der Waals surface area contributed by atoms with Crippen LogP contribution >= 0.6 is 0 Å². The summed E-state index contributed by atoms with van der Waals surface area (Å²) in [6.07, 6.45) is 0.0881. The van der Waals surface area contributed by atoms with E-state index in [0.717, 1.165) is 27.9 Å². The summed E-state index contributed by atoms with van der Waals surface area (Å²) in [7, 11) is 0. The summed E-state index contributed by atoms with van der Waals surface area (Å²) < 4.78 is 5.18. The molecule has 0 unspecified atom stereocenters. The number of nitrogens with one attached hydrogen (secondary N) is 1. The average Bonchev–Trinajstić information content (AvgIpc) is 3.05. The fourth-order valence-electron chi connectivity index (χ4n) is 3.53. The van der Waals surface area contributed by atoms with E-state index in [2.05, 4.69) is 5.32 Å². The first-order chi connectivity index (χ1) is 13.8. The van der Waals surface area contributed by atoms with Gasteiger partial charge in [-0.25, -0.2) is 0 Å². The van der Waals surface area contributed by atoms with Crippen LogP contribution in [0.1, 0.15) is 28.7 Å². The molecule has 1 saturated heterocycles. The van der Waals surface area contributed by atoms with Crippen LogP contribution in [0.3, 0.4) is 0 Å². The third-order valence-corrected chi connectivity index (χ3v) is 5.33. The maximum absolute atomic E-state index is 12.4. The van der Waals surface area contributed by atoms with E-state index in [1.165, 1.54) is 0 Å². The van der Waals surface area contributed by atoms with Gasteiger partial charge in [0.15, 0.2) is 6.61 Å². The Hall–Kier alpha value is -3.15. The Morgan fingerprint density at radius 2 is 1.86 bits per heavy atom. The van der Waals surface area contributed by atoms with Crippen molar-refractivity contribution in [2.75, 3.05) is 23.4 Å². The smallest absolute Gasteiger partial charge is 0.311 e. The number of ether oxygens (including phenoxy) is 1. The lowest BCUT2D eigenvalue weighted by Crippen LogP contribution is -2.28. The molecule has 3 rings (SSSR count). The van der Waals surface area contributed by atoms with Gasteiger partial charge in [-0.3, -0.25) is 14.4 Å². The van der Waals surface area contributed by atoms with Crippen molar-refractivity contribution >= 4 is 29.2 Å². The number of anilines is 2. The summed E-state index contributed by atoms with van der Waals surface area (Å²) in [6.45, 7) is 7.71. The first-order valence-electron chi connectivity index (χ1n) is 9.66. The number of esters is 1. The van der Waals surface area contributed by atoms with Crippen LogP contribution < -0.4 is 10.2 Å². The molecule has 0 aliphatic carbocycles. The lowest BCUT2D eigenvalue weighted by atomic mass is 10.1. The fourth-order valence-corrected chi connectivity index (χ4v) is 3.53. The Balaban J connectivity index is 1.56. The minimum atomic E-state index is -0.572. The molecule has 152 valence electrons. The van der Waals surface area contributed by atoms with Gasteiger partial charge < -0.3 is 15.0 Å². The van der Waals surface area contributed by atoms with Crippen LogP contribution in [0.15, 0.2) is 36.4 Å². The van der Waals surface area contributed by atoms with Gasteiger partial charge in [0.25, 0.3) is 5.91 Å². The maximum atomic E-state index is 12.4. The van der Waals surface area contributed by atoms with E-state index < -0.39 is 17.8 Å². The Kier molecular flexibility index (Phi) is 6.01. The first-order valence-corrected chi connectivity index (χ1v) is 9.66. The van der Waals surface area contributed by atoms with Crippen molar-refractivity contribution in [3.05, 3.63) is 58.7 Å². The highest BCUT2D eigenvalue weighted by Gasteiger charge is 2.36. The number of hydrogen-bond donors (Lipinski definition) is 1. The molecule has 2 amide bonds. The zero-order chi connectivity index (χ0) is 21.1. The van der Waals surface area contributed by atoms with Gasteiger partial charge in [0.05, 0.1) is 5.92 Å². The second kappa shape index (κ2) is 8.47. The molecule has 1 aliphatic heterocycles. The number of carbonyl (C=O) groups is 3. The number of carbonyl (C=O) groups excluding carboxylic acids is 3. The van der Waals surface area contributed by atoms with Crippen molar-refractivity contribution in [1.29, 1.82) is 0 Å². The second-order valence-electron chi connectivity index (χ2n) is 7.60. The van der Waals surface area contributed by atoms with Crippen LogP contribution in [-0.4, -0.2) is 30.9 Å². The van der Waals surface area contributed by atoms with E-state index in [9.17, 15) is 14.4 Å². The molecule has 1 heterocycles. The van der Waals surface area contributed by atoms with Gasteiger partial charge in [-0.2, -0.15) is 0 Å². The number of amides is 2. The number of nitrogens with zero attached hydrogens (tertiary/aromatic N) is 1. The highest BCUT2D eigenvalue weighted by molar-refractivity contribution is 6.00. The molecule has 2 aromatic carbocycles. The minimum Gasteiger partial charge on any atom is -0.455 e. The van der Waals surface area contributed by atoms with Crippen LogP contribution in [0.25, 0.3) is 0 Å². The third-order valence-electron chi connectivity index (χ3n) is 5.33. The summed E-state index contributed by atoms with van der Waals surface area (Å²) in [5, 5.41) is 2.76. The van der Waals surface area contributed by atoms with Crippen LogP contribution in [-0.2, 0) is 19.1 Å². The molecule has 2 aromatic rings. The standard InChI is InChI=1S/C23H26N2O4/c1-14-8-9-20(16(3)10-14)25-12-18(11-22(25)27)23(28)29-13-21(26)24-19-7-5-6-15(2)17(19)4/h5-10,18H,11-13H2,1-4H3,(H,24,26)/t18-/m0/s1. The Bertz CT molecular complexity index is 967. The predicted octanol–water partition coefficient (Wildman–Crippen LogP) is 3.46. The van der Waals surface area contributed by atoms with Gasteiger partial charge in [-0.1, -0.05) is 29.8 Å². The van der Waals surface area contributed by atoms with Crippen LogP contribution in [0.2, 0.25) is 0 Å². The van der Waals surface area contributed by atoms with E-state index in [0.29, 0.717) is 5.69 Å². The number of aryl methyl sites for hydroxylation is 3. The zero-order valence-electron chi connectivity index (χ0n) is 17.2. The number of benzene rings is 2. The third kappa shape index (κ3) is 4.65. The van der Waals surface area contributed by atoms with Gasteiger partial charge in [0.2, 0.25) is 5.91 Å². The summed E-state index contributed by atoms with van der Waals surface area (Å²) in [6, 6.07) is 11.5. The van der Waals surface area contributed by atoms with Gasteiger partial charge in [-0.15, -0.1) is 0 Å². The Labute approximate surface area is 170 Å². The molecule has 0 radical (unpaired) electrons. The van der Waals surface area contributed by atoms with E-state index in [1.54, 1.807) is 11.0 Å². The molecule has 0 aromatic heterocycles. The van der Waals surface area contributed by atoms with Crippen LogP contribution in [0.4, 0.5) is 11.4 Å². The number of hydrogen-bond acceptors (Lipinski definition) is 4. The highest BCUT2D eigenvalue weighted by Crippen LogP contribution is 2.29. The van der Waals surface area contributed by atoms with Gasteiger partial charge in [0, 0.05) is 24.3 Å². The van der Waals surface area contributed by atoms with Gasteiger partial charge >= 0.3 is 5.97 Å². The van der Waals surface area contributed by atoms with Crippen LogP contribution in [0, 0.1) is 33.6 Å². The fraction of sp³-hybridized carbons (Fsp3) is 0.348. The van der Waals surface area contributed by atoms with Crippen LogP contribution in [0.5, 0.6) is 0 Å². The van der Waals surface area contributed by atoms with Crippen molar-refractivity contribution in [2.45, 2.75) is 34.1 Å². The molecule has 1 N–H and O–H groups in total. The SMILES string of the molecule is Cc1ccc(N2C[C@@H](C(=O)OCC(=O)Nc3cccc(C)c3C)CC2=O)c(C)c1. The molecule has 29 heavy (non-hydrogen) atoms. The first kappa shape index (κ1) is 20.6. The predicted molar refractivity (Wildman–Crippen MR) is 112 cm³/mol. The van der Waals surface area contributed by atoms with E-state index in [4.69, 9.17) is 4.74 Å². The molecule has 0 spiro atoms. The minimum absolute atomic E-state index is 0.0881. The molecule has 1 aliphatic rings. The van der Waals surface area contributed by atoms with Crippen molar-refractivity contribution in [3.63, 3.8) is 0 Å². The summed E-state index contributed by atoms with van der Waals surface area (Å²) >= 11 is 0. The molecule has 6 heteroatoms. The lowest BCUT2D eigenvalue weighted by Gasteiger charge is -2.19. The quantitative estimate of drug-likeness (QED) is 0.788. The zero-order valence-corrected chi connectivity index (χ0v) is 17.2. The largest absolute Gasteiger partial charge is 0.455 e. The van der Waals surface area contributed by atoms with E-state index in [1.807, 2.05) is 58.0 Å². The molecule has 6 nitrogen and oxygen atoms in total. The Morgan fingerprint density at radius 3 is 2.59 bits per heavy atom. The summed E-state index contributed by atoms with van der Waals surface area (Å²) in [5.41, 5.74) is 5.64. The summed E-state index contributed by atoms with van der Waals surface area (Å²) in [5.74, 6) is -1.61. The monoisotopic (exact) mass is 394 g/mol. The average molecular weight is 394 g/mol. The number of rotatable bonds is 5. The molecule has 1 atom stereocenters. The van der Waals surface area contributed by atoms with Gasteiger partial charge in [-0.05, 0) is 56.5 Å². The van der Waals surface area contributed by atoms with Crippen molar-refractivity contribution in [1.82, 2.24) is 0 Å². The van der Waals surface area contributed by atoms with Gasteiger partial charge in [0.1, 0.15) is 0 Å². The highest BCUT2D eigenvalue weighted by atomic mass is 16.5. The van der Waals surface area contributed by atoms with Crippen molar-refractivity contribution in [2.24, 2.45) is 5.92 Å². The lowest BCUT2D eigenvalue weighted by molar-refractivity contribution is -0.151. The Morgan fingerprint density at radius 1 is 1.10 bits per heavy atom. The molecule has 0 saturated carbocycles. The maximum Gasteiger partial charge on any atom is 0.311 e. The summed E-state index contributed by atoms with van der Waals surface area (Å²) in [4.78, 5) is 38.6. The molecule has 0 bridgehead atoms. The van der Waals surface area contributed by atoms with E-state index in [-0.39, 0.29) is 25.5 Å².